The summed E-state index contributed by atoms with van der Waals surface area (Å²) in [6.45, 7) is 5.38. The van der Waals surface area contributed by atoms with Crippen LogP contribution in [-0.2, 0) is 83.1 Å². The van der Waals surface area contributed by atoms with Gasteiger partial charge in [-0.15, -0.1) is 0 Å². The number of likely N-dealkylation sites (tertiary alicyclic amines) is 2. The number of carboxylic acids is 2. The Labute approximate surface area is 580 Å². The first kappa shape index (κ1) is 84.9. The van der Waals surface area contributed by atoms with Crippen LogP contribution in [0.25, 0.3) is 0 Å². The van der Waals surface area contributed by atoms with E-state index in [4.69, 9.17) is 22.9 Å². The van der Waals surface area contributed by atoms with Crippen molar-refractivity contribution in [3.63, 3.8) is 0 Å². The zero-order valence-electron chi connectivity index (χ0n) is 56.9. The molecular formula is C61H96N18O22. The molecule has 40 heteroatoms. The predicted molar refractivity (Wildman–Crippen MR) is 352 cm³/mol. The van der Waals surface area contributed by atoms with Gasteiger partial charge in [0.2, 0.25) is 82.7 Å². The van der Waals surface area contributed by atoms with Gasteiger partial charge >= 0.3 is 11.9 Å². The Bertz CT molecular complexity index is 3170. The second-order valence-electron chi connectivity index (χ2n) is 24.5. The van der Waals surface area contributed by atoms with Crippen LogP contribution in [0, 0.1) is 5.92 Å². The number of carbonyl (C=O) groups excluding carboxylic acids is 14. The molecule has 2 saturated heterocycles. The van der Waals surface area contributed by atoms with Gasteiger partial charge in [0.05, 0.1) is 44.4 Å². The van der Waals surface area contributed by atoms with Gasteiger partial charge in [0, 0.05) is 32.5 Å². The van der Waals surface area contributed by atoms with Crippen molar-refractivity contribution in [2.24, 2.45) is 33.8 Å². The number of rotatable bonds is 41. The average molecular weight is 1430 g/mol. The molecule has 2 aliphatic rings. The van der Waals surface area contributed by atoms with Gasteiger partial charge in [-0.1, -0.05) is 32.4 Å². The minimum atomic E-state index is -1.92. The molecule has 15 atom stereocenters. The lowest BCUT2D eigenvalue weighted by Crippen LogP contribution is -2.62. The number of hydrogen-bond acceptors (Lipinski definition) is 22. The number of guanidine groups is 1. The molecule has 0 aliphatic carbocycles. The van der Waals surface area contributed by atoms with Crippen LogP contribution < -0.4 is 81.4 Å². The van der Waals surface area contributed by atoms with Crippen LogP contribution in [0.2, 0.25) is 0 Å². The zero-order valence-corrected chi connectivity index (χ0v) is 56.9. The highest BCUT2D eigenvalue weighted by Gasteiger charge is 2.42. The number of nitrogens with one attached hydrogen (secondary N) is 11. The van der Waals surface area contributed by atoms with Gasteiger partial charge in [0.25, 0.3) is 0 Å². The maximum atomic E-state index is 14.0. The molecule has 0 spiro atoms. The third-order valence-corrected chi connectivity index (χ3v) is 16.3. The average Bonchev–Trinajstić information content (AvgIpc) is 1.76. The van der Waals surface area contributed by atoms with Gasteiger partial charge in [-0.25, -0.2) is 4.79 Å². The first-order chi connectivity index (χ1) is 47.4. The van der Waals surface area contributed by atoms with Crippen LogP contribution in [0.15, 0.2) is 29.3 Å². The Morgan fingerprint density at radius 3 is 1.65 bits per heavy atom. The highest BCUT2D eigenvalue weighted by Crippen LogP contribution is 2.22. The fraction of sp³-hybridized carbons (Fsp3) is 0.623. The lowest BCUT2D eigenvalue weighted by atomic mass is 9.96. The van der Waals surface area contributed by atoms with Gasteiger partial charge in [0.1, 0.15) is 72.2 Å². The van der Waals surface area contributed by atoms with Gasteiger partial charge in [-0.3, -0.25) is 76.9 Å². The Morgan fingerprint density at radius 2 is 1.10 bits per heavy atom. The van der Waals surface area contributed by atoms with Gasteiger partial charge in [-0.05, 0) is 96.3 Å². The molecule has 2 fully saturated rings. The molecule has 101 heavy (non-hydrogen) atoms. The second kappa shape index (κ2) is 41.3. The topological polar surface area (TPSA) is 650 Å². The van der Waals surface area contributed by atoms with Crippen molar-refractivity contribution < 1.29 is 107 Å². The van der Waals surface area contributed by atoms with Crippen molar-refractivity contribution in [3.05, 3.63) is 29.8 Å². The fourth-order valence-corrected chi connectivity index (χ4v) is 10.5. The van der Waals surface area contributed by atoms with E-state index in [-0.39, 0.29) is 69.9 Å². The summed E-state index contributed by atoms with van der Waals surface area (Å²) >= 11 is 0. The molecule has 0 radical (unpaired) electrons. The van der Waals surface area contributed by atoms with E-state index in [1.54, 1.807) is 13.8 Å². The lowest BCUT2D eigenvalue weighted by Gasteiger charge is -2.30. The Morgan fingerprint density at radius 1 is 0.574 bits per heavy atom. The Balaban J connectivity index is 1.69. The van der Waals surface area contributed by atoms with E-state index < -0.39 is 224 Å². The molecule has 2 aliphatic heterocycles. The summed E-state index contributed by atoms with van der Waals surface area (Å²) in [5.74, 6) is -18.2. The largest absolute Gasteiger partial charge is 0.508 e. The Hall–Kier alpha value is -10.4. The highest BCUT2D eigenvalue weighted by molar-refractivity contribution is 6.00. The number of benzene rings is 1. The molecule has 562 valence electrons. The first-order valence-electron chi connectivity index (χ1n) is 32.6. The number of aliphatic imine (C=N–C) groups is 1. The minimum Gasteiger partial charge on any atom is -0.508 e. The number of aliphatic hydroxyl groups excluding tert-OH is 3. The molecular weight excluding hydrogens is 1340 g/mol. The molecule has 1 aromatic rings. The SMILES string of the molecule is CC[C@H](C)[C@H](NC(=O)[C@@H](NC(=O)[C@H](CCC(=O)O)NC(=O)[C@H](CCCN=C(N)N)NC(=O)CNC(=O)[C@H](CO)NC(=O)[C@H](CC(N)=O)NC(=O)[C@H](C)NC(=O)[C@@H]1CCCN1C(=O)CNC(=O)[C@@H]1CCCN1C(=O)[C@@H](NC(=O)[C@H](C)N)[C@@H](C)O)[C@@H](C)O)C(=O)N[C@@H](Cc1ccc(O)cc1)C(=O)O. The van der Waals surface area contributed by atoms with Crippen molar-refractivity contribution in [2.75, 3.05) is 39.3 Å². The third kappa shape index (κ3) is 27.7. The smallest absolute Gasteiger partial charge is 0.326 e. The molecule has 14 amide bonds. The van der Waals surface area contributed by atoms with E-state index in [2.05, 4.69) is 63.5 Å². The number of phenolic OH excluding ortho intramolecular Hbond substituents is 1. The number of aromatic hydroxyl groups is 1. The fourth-order valence-electron chi connectivity index (χ4n) is 10.5. The van der Waals surface area contributed by atoms with E-state index in [9.17, 15) is 107 Å². The normalized spacial score (nSPS) is 17.9. The minimum absolute atomic E-state index is 0.0494. The van der Waals surface area contributed by atoms with Crippen molar-refractivity contribution in [1.29, 1.82) is 0 Å². The van der Waals surface area contributed by atoms with Crippen LogP contribution >= 0.6 is 0 Å². The number of nitrogens with zero attached hydrogens (tertiary/aromatic N) is 3. The van der Waals surface area contributed by atoms with Crippen LogP contribution in [-0.4, -0.2) is 265 Å². The van der Waals surface area contributed by atoms with E-state index in [0.717, 1.165) is 11.8 Å². The predicted octanol–water partition coefficient (Wildman–Crippen LogP) is -9.44. The van der Waals surface area contributed by atoms with E-state index in [1.165, 1.54) is 49.9 Å². The number of primary amides is 1. The van der Waals surface area contributed by atoms with Crippen LogP contribution in [0.1, 0.15) is 111 Å². The summed E-state index contributed by atoms with van der Waals surface area (Å²) in [7, 11) is 0. The number of aliphatic hydroxyl groups is 3. The molecule has 0 bridgehead atoms. The molecule has 0 aromatic heterocycles. The molecule has 2 heterocycles. The van der Waals surface area contributed by atoms with Crippen LogP contribution in [0.4, 0.5) is 0 Å². The maximum absolute atomic E-state index is 14.0. The quantitative estimate of drug-likeness (QED) is 0.0164. The Kier molecular flexibility index (Phi) is 34.7. The number of aliphatic carboxylic acids is 2. The standard InChI is InChI=1S/C61H96N18O22/c1-7-28(2)46(57(97)73-38(60(100)101)23-33-14-16-34(83)17-15-33)75-58(98)47(31(5)81)76-53(93)36(18-19-45(87)88)71-52(92)35(11-8-20-66-61(64)65)70-43(85)25-67-51(91)39(27-80)74-54(94)37(24-42(63)84)72-50(90)30(4)69-56(96)41-13-9-21-78(41)44(86)26-68-55(95)40-12-10-22-79(40)59(99)48(32(6)82)77-49(89)29(3)62/h14-17,28-32,35-41,46-48,80-83H,7-13,18-27,62H2,1-6H3,(H2,63,84)(H,67,91)(H,68,95)(H,69,96)(H,70,85)(H,71,92)(H,72,90)(H,73,97)(H,74,94)(H,75,98)(H,76,93)(H,77,89)(H,87,88)(H,100,101)(H4,64,65,66)/t28-,29-,30-,31+,32+,35-,36-,37-,38-,39-,40-,41-,46-,47-,48-/m0/s1. The van der Waals surface area contributed by atoms with Gasteiger partial charge in [0.15, 0.2) is 5.96 Å². The van der Waals surface area contributed by atoms with Crippen molar-refractivity contribution in [3.8, 4) is 5.75 Å². The van der Waals surface area contributed by atoms with Crippen LogP contribution in [0.5, 0.6) is 5.75 Å². The summed E-state index contributed by atoms with van der Waals surface area (Å²) in [6.07, 6.45) is -4.78. The summed E-state index contributed by atoms with van der Waals surface area (Å²) in [6, 6.07) is -12.8. The monoisotopic (exact) mass is 1430 g/mol. The molecule has 0 unspecified atom stereocenters. The molecule has 25 N–H and O–H groups in total. The van der Waals surface area contributed by atoms with E-state index >= 15 is 0 Å². The number of hydrogen-bond donors (Lipinski definition) is 21. The number of carbonyl (C=O) groups is 16. The highest BCUT2D eigenvalue weighted by atomic mass is 16.4. The van der Waals surface area contributed by atoms with Crippen molar-refractivity contribution >= 4 is 101 Å². The van der Waals surface area contributed by atoms with Crippen molar-refractivity contribution in [2.45, 2.75) is 197 Å². The van der Waals surface area contributed by atoms with Gasteiger partial charge < -0.3 is 122 Å². The maximum Gasteiger partial charge on any atom is 0.326 e. The second-order valence-corrected chi connectivity index (χ2v) is 24.5. The number of amides is 14. The molecule has 3 rings (SSSR count). The van der Waals surface area contributed by atoms with Crippen molar-refractivity contribution in [1.82, 2.24) is 68.3 Å². The number of nitrogens with two attached hydrogens (primary N) is 4. The number of carboxylic acid groups (broad SMARTS) is 2. The van der Waals surface area contributed by atoms with Gasteiger partial charge in [-0.2, -0.15) is 0 Å². The summed E-state index contributed by atoms with van der Waals surface area (Å²) in [5, 5.41) is 85.8. The number of phenols is 1. The summed E-state index contributed by atoms with van der Waals surface area (Å²) < 4.78 is 0. The summed E-state index contributed by atoms with van der Waals surface area (Å²) in [5.41, 5.74) is 22.3. The molecule has 1 aromatic carbocycles. The molecule has 0 saturated carbocycles. The molecule has 40 nitrogen and oxygen atoms in total. The van der Waals surface area contributed by atoms with E-state index in [0.29, 0.717) is 18.4 Å². The summed E-state index contributed by atoms with van der Waals surface area (Å²) in [4.78, 5) is 218. The third-order valence-electron chi connectivity index (χ3n) is 16.3. The van der Waals surface area contributed by atoms with E-state index in [1.807, 2.05) is 0 Å². The zero-order chi connectivity index (χ0) is 76.1. The van der Waals surface area contributed by atoms with Crippen LogP contribution in [0.3, 0.4) is 0 Å². The first-order valence-corrected chi connectivity index (χ1v) is 32.6. The lowest BCUT2D eigenvalue weighted by molar-refractivity contribution is -0.144.